The highest BCUT2D eigenvalue weighted by molar-refractivity contribution is 6.04. The van der Waals surface area contributed by atoms with E-state index in [1.807, 2.05) is 39.0 Å². The van der Waals surface area contributed by atoms with Crippen LogP contribution >= 0.6 is 0 Å². The first-order valence-corrected chi connectivity index (χ1v) is 10.3. The second kappa shape index (κ2) is 9.57. The van der Waals surface area contributed by atoms with Crippen LogP contribution in [0.3, 0.4) is 0 Å². The van der Waals surface area contributed by atoms with Gasteiger partial charge in [0, 0.05) is 24.3 Å². The maximum absolute atomic E-state index is 12.7. The fourth-order valence-corrected chi connectivity index (χ4v) is 3.47. The monoisotopic (exact) mass is 408 g/mol. The van der Waals surface area contributed by atoms with Gasteiger partial charge in [0.05, 0.1) is 18.1 Å². The molecule has 1 saturated heterocycles. The first-order chi connectivity index (χ1) is 14.4. The number of carbonyl (C=O) groups is 3. The summed E-state index contributed by atoms with van der Waals surface area (Å²) in [6, 6.07) is 12.5. The number of hydrogen-bond acceptors (Lipinski definition) is 4. The molecule has 2 aromatic rings. The quantitative estimate of drug-likeness (QED) is 0.549. The van der Waals surface area contributed by atoms with Gasteiger partial charge in [0.1, 0.15) is 0 Å². The zero-order valence-corrected chi connectivity index (χ0v) is 17.7. The minimum atomic E-state index is -0.420. The van der Waals surface area contributed by atoms with E-state index in [1.54, 1.807) is 29.2 Å². The van der Waals surface area contributed by atoms with Crippen LogP contribution in [0.4, 0.5) is 11.4 Å². The molecule has 1 atom stereocenters. The van der Waals surface area contributed by atoms with E-state index >= 15 is 0 Å². The van der Waals surface area contributed by atoms with Gasteiger partial charge in [-0.05, 0) is 61.7 Å². The molecule has 6 nitrogen and oxygen atoms in total. The summed E-state index contributed by atoms with van der Waals surface area (Å²) in [4.78, 5) is 38.9. The Hall–Kier alpha value is -3.15. The number of hydrogen-bond donors (Lipinski definition) is 1. The van der Waals surface area contributed by atoms with E-state index < -0.39 is 5.92 Å². The van der Waals surface area contributed by atoms with E-state index in [2.05, 4.69) is 5.32 Å². The fourth-order valence-electron chi connectivity index (χ4n) is 3.47. The van der Waals surface area contributed by atoms with Gasteiger partial charge in [-0.25, -0.2) is 4.79 Å². The summed E-state index contributed by atoms with van der Waals surface area (Å²) in [5.41, 5.74) is 4.06. The predicted molar refractivity (Wildman–Crippen MR) is 117 cm³/mol. The summed E-state index contributed by atoms with van der Waals surface area (Å²) in [5, 5.41) is 2.85. The number of anilines is 2. The number of nitrogens with one attached hydrogen (secondary N) is 1. The van der Waals surface area contributed by atoms with Crippen molar-refractivity contribution in [3.63, 3.8) is 0 Å². The summed E-state index contributed by atoms with van der Waals surface area (Å²) in [6.45, 7) is 6.79. The number of benzene rings is 2. The molecule has 0 radical (unpaired) electrons. The van der Waals surface area contributed by atoms with Gasteiger partial charge in [-0.1, -0.05) is 25.5 Å². The number of esters is 1. The van der Waals surface area contributed by atoms with Crippen molar-refractivity contribution in [2.75, 3.05) is 23.4 Å². The minimum absolute atomic E-state index is 0.0472. The normalized spacial score (nSPS) is 15.9. The van der Waals surface area contributed by atoms with Crippen LogP contribution in [-0.4, -0.2) is 30.9 Å². The number of carbonyl (C=O) groups excluding carboxylic acids is 3. The first-order valence-electron chi connectivity index (χ1n) is 10.3. The summed E-state index contributed by atoms with van der Waals surface area (Å²) in [7, 11) is 0. The van der Waals surface area contributed by atoms with E-state index in [9.17, 15) is 14.4 Å². The van der Waals surface area contributed by atoms with Crippen LogP contribution in [0.1, 0.15) is 47.7 Å². The third-order valence-electron chi connectivity index (χ3n) is 5.48. The number of rotatable bonds is 7. The van der Waals surface area contributed by atoms with E-state index in [0.29, 0.717) is 24.4 Å². The molecule has 1 N–H and O–H groups in total. The van der Waals surface area contributed by atoms with Gasteiger partial charge in [0.2, 0.25) is 11.8 Å². The first kappa shape index (κ1) is 21.6. The van der Waals surface area contributed by atoms with Crippen LogP contribution in [0.15, 0.2) is 42.5 Å². The molecule has 3 rings (SSSR count). The lowest BCUT2D eigenvalue weighted by Gasteiger charge is -2.20. The molecular formula is C24H28N2O4. The maximum Gasteiger partial charge on any atom is 0.338 e. The molecule has 0 aromatic heterocycles. The second-order valence-corrected chi connectivity index (χ2v) is 7.68. The minimum Gasteiger partial charge on any atom is -0.462 e. The molecule has 1 aliphatic rings. The Morgan fingerprint density at radius 2 is 1.87 bits per heavy atom. The maximum atomic E-state index is 12.7. The van der Waals surface area contributed by atoms with Gasteiger partial charge >= 0.3 is 5.97 Å². The van der Waals surface area contributed by atoms with Crippen LogP contribution in [-0.2, 0) is 14.3 Å². The van der Waals surface area contributed by atoms with E-state index in [0.717, 1.165) is 29.7 Å². The van der Waals surface area contributed by atoms with Crippen LogP contribution in [0, 0.1) is 19.8 Å². The second-order valence-electron chi connectivity index (χ2n) is 7.68. The van der Waals surface area contributed by atoms with Gasteiger partial charge in [0.25, 0.3) is 0 Å². The average molecular weight is 408 g/mol. The number of unbranched alkanes of at least 4 members (excludes halogenated alkanes) is 1. The van der Waals surface area contributed by atoms with Crippen LogP contribution in [0.25, 0.3) is 0 Å². The Labute approximate surface area is 177 Å². The van der Waals surface area contributed by atoms with Crippen LogP contribution < -0.4 is 10.2 Å². The molecule has 2 amide bonds. The van der Waals surface area contributed by atoms with Crippen molar-refractivity contribution in [1.29, 1.82) is 0 Å². The number of amides is 2. The summed E-state index contributed by atoms with van der Waals surface area (Å²) in [6.07, 6.45) is 1.98. The molecule has 30 heavy (non-hydrogen) atoms. The van der Waals surface area contributed by atoms with Crippen molar-refractivity contribution < 1.29 is 19.1 Å². The fraction of sp³-hybridized carbons (Fsp3) is 0.375. The zero-order chi connectivity index (χ0) is 21.7. The standard InChI is InChI=1S/C24H28N2O4/c1-4-5-13-30-24(29)18-9-11-20(12-10-18)25-23(28)19-14-22(27)26(15-19)21-8-6-7-16(2)17(21)3/h6-12,19H,4-5,13-15H2,1-3H3,(H,25,28)/t19-/m1/s1. The molecule has 0 spiro atoms. The van der Waals surface area contributed by atoms with Gasteiger partial charge in [-0.15, -0.1) is 0 Å². The van der Waals surface area contributed by atoms with Gasteiger partial charge in [-0.2, -0.15) is 0 Å². The Bertz CT molecular complexity index is 937. The molecule has 6 heteroatoms. The summed E-state index contributed by atoms with van der Waals surface area (Å²) < 4.78 is 5.19. The molecule has 0 aliphatic carbocycles. The van der Waals surface area contributed by atoms with Crippen molar-refractivity contribution >= 4 is 29.2 Å². The molecule has 158 valence electrons. The van der Waals surface area contributed by atoms with Crippen molar-refractivity contribution in [1.82, 2.24) is 0 Å². The van der Waals surface area contributed by atoms with E-state index in [-0.39, 0.29) is 24.2 Å². The lowest BCUT2D eigenvalue weighted by Crippen LogP contribution is -2.28. The molecule has 1 heterocycles. The molecule has 0 saturated carbocycles. The molecule has 1 aliphatic heterocycles. The number of ether oxygens (including phenoxy) is 1. The Kier molecular flexibility index (Phi) is 6.87. The Morgan fingerprint density at radius 3 is 2.57 bits per heavy atom. The summed E-state index contributed by atoms with van der Waals surface area (Å²) in [5.74, 6) is -1.04. The van der Waals surface area contributed by atoms with Crippen molar-refractivity contribution in [3.8, 4) is 0 Å². The summed E-state index contributed by atoms with van der Waals surface area (Å²) >= 11 is 0. The van der Waals surface area contributed by atoms with E-state index in [4.69, 9.17) is 4.74 Å². The zero-order valence-electron chi connectivity index (χ0n) is 17.7. The molecule has 1 fully saturated rings. The number of nitrogens with zero attached hydrogens (tertiary/aromatic N) is 1. The van der Waals surface area contributed by atoms with E-state index in [1.165, 1.54) is 0 Å². The SMILES string of the molecule is CCCCOC(=O)c1ccc(NC(=O)[C@@H]2CC(=O)N(c3cccc(C)c3C)C2)cc1. The van der Waals surface area contributed by atoms with Crippen LogP contribution in [0.5, 0.6) is 0 Å². The van der Waals surface area contributed by atoms with Gasteiger partial charge in [0.15, 0.2) is 0 Å². The third-order valence-corrected chi connectivity index (χ3v) is 5.48. The third kappa shape index (κ3) is 4.87. The van der Waals surface area contributed by atoms with Gasteiger partial charge in [-0.3, -0.25) is 9.59 Å². The van der Waals surface area contributed by atoms with Crippen molar-refractivity contribution in [2.24, 2.45) is 5.92 Å². The molecule has 2 aromatic carbocycles. The predicted octanol–water partition coefficient (Wildman–Crippen LogP) is 4.25. The highest BCUT2D eigenvalue weighted by Crippen LogP contribution is 2.30. The largest absolute Gasteiger partial charge is 0.462 e. The van der Waals surface area contributed by atoms with Gasteiger partial charge < -0.3 is 15.0 Å². The van der Waals surface area contributed by atoms with Crippen LogP contribution in [0.2, 0.25) is 0 Å². The number of aryl methyl sites for hydroxylation is 1. The lowest BCUT2D eigenvalue weighted by atomic mass is 10.1. The van der Waals surface area contributed by atoms with Crippen molar-refractivity contribution in [2.45, 2.75) is 40.0 Å². The lowest BCUT2D eigenvalue weighted by molar-refractivity contribution is -0.122. The Balaban J connectivity index is 1.60. The molecular weight excluding hydrogens is 380 g/mol. The topological polar surface area (TPSA) is 75.7 Å². The Morgan fingerprint density at radius 1 is 1.13 bits per heavy atom. The smallest absolute Gasteiger partial charge is 0.338 e. The average Bonchev–Trinajstić information content (AvgIpc) is 3.12. The molecule has 0 bridgehead atoms. The highest BCUT2D eigenvalue weighted by atomic mass is 16.5. The van der Waals surface area contributed by atoms with Crippen molar-refractivity contribution in [3.05, 3.63) is 59.2 Å². The highest BCUT2D eigenvalue weighted by Gasteiger charge is 2.35. The molecule has 0 unspecified atom stereocenters.